The van der Waals surface area contributed by atoms with Crippen molar-refractivity contribution in [3.8, 4) is 11.8 Å². The summed E-state index contributed by atoms with van der Waals surface area (Å²) in [5.74, 6) is -0.0171. The van der Waals surface area contributed by atoms with Crippen molar-refractivity contribution < 1.29 is 9.53 Å². The molecule has 1 amide bonds. The van der Waals surface area contributed by atoms with Crippen molar-refractivity contribution >= 4 is 23.0 Å². The number of hydrogen-bond acceptors (Lipinski definition) is 5. The number of anilines is 3. The van der Waals surface area contributed by atoms with Gasteiger partial charge in [0.2, 0.25) is 0 Å². The van der Waals surface area contributed by atoms with E-state index in [9.17, 15) is 10.1 Å². The molecule has 0 spiro atoms. The lowest BCUT2D eigenvalue weighted by molar-refractivity contribution is -0.112. The molecule has 0 heterocycles. The predicted octanol–water partition coefficient (Wildman–Crippen LogP) is 3.35. The van der Waals surface area contributed by atoms with Crippen LogP contribution in [0.5, 0.6) is 5.75 Å². The molecule has 25 heavy (non-hydrogen) atoms. The van der Waals surface area contributed by atoms with Crippen LogP contribution in [0.3, 0.4) is 0 Å². The molecule has 0 unspecified atom stereocenters. The molecule has 6 heteroatoms. The fourth-order valence-electron chi connectivity index (χ4n) is 2.22. The number of methoxy groups -OCH3 is 1. The van der Waals surface area contributed by atoms with E-state index in [1.165, 1.54) is 13.3 Å². The number of rotatable bonds is 5. The average Bonchev–Trinajstić information content (AvgIpc) is 2.57. The van der Waals surface area contributed by atoms with E-state index in [4.69, 9.17) is 10.5 Å². The van der Waals surface area contributed by atoms with Gasteiger partial charge in [0.05, 0.1) is 24.2 Å². The third-order valence-electron chi connectivity index (χ3n) is 3.55. The Kier molecular flexibility index (Phi) is 5.64. The topological polar surface area (TPSA) is 100 Å². The Morgan fingerprint density at radius 3 is 2.48 bits per heavy atom. The summed E-state index contributed by atoms with van der Waals surface area (Å²) in [4.78, 5) is 12.4. The number of nitrogens with one attached hydrogen (secondary N) is 2. The summed E-state index contributed by atoms with van der Waals surface area (Å²) in [6.07, 6.45) is 1.33. The zero-order chi connectivity index (χ0) is 18.4. The van der Waals surface area contributed by atoms with Crippen LogP contribution in [0.15, 0.2) is 48.2 Å². The Morgan fingerprint density at radius 1 is 1.16 bits per heavy atom. The molecule has 4 N–H and O–H groups in total. The van der Waals surface area contributed by atoms with Crippen LogP contribution in [0, 0.1) is 25.2 Å². The van der Waals surface area contributed by atoms with Gasteiger partial charge in [-0.1, -0.05) is 12.1 Å². The summed E-state index contributed by atoms with van der Waals surface area (Å²) in [5, 5.41) is 14.8. The van der Waals surface area contributed by atoms with E-state index < -0.39 is 5.91 Å². The molecule has 0 radical (unpaired) electrons. The first-order valence-corrected chi connectivity index (χ1v) is 7.63. The number of carbonyl (C=O) groups excluding carboxylic acids is 1. The first-order valence-electron chi connectivity index (χ1n) is 7.63. The molecule has 6 nitrogen and oxygen atoms in total. The number of nitriles is 1. The summed E-state index contributed by atoms with van der Waals surface area (Å²) in [6, 6.07) is 12.8. The summed E-state index contributed by atoms with van der Waals surface area (Å²) < 4.78 is 5.22. The molecule has 128 valence electrons. The van der Waals surface area contributed by atoms with Gasteiger partial charge in [-0.3, -0.25) is 4.79 Å². The number of ether oxygens (including phenoxy) is 1. The largest absolute Gasteiger partial charge is 0.495 e. The normalized spacial score (nSPS) is 10.7. The Labute approximate surface area is 146 Å². The lowest BCUT2D eigenvalue weighted by Gasteiger charge is -2.11. The van der Waals surface area contributed by atoms with E-state index in [-0.39, 0.29) is 5.57 Å². The maximum Gasteiger partial charge on any atom is 0.267 e. The minimum atomic E-state index is -0.537. The van der Waals surface area contributed by atoms with Crippen LogP contribution in [0.25, 0.3) is 0 Å². The standard InChI is InChI=1S/C19H20N4O2/c1-12-4-6-16(15(21)8-12)22-11-14(10-20)19(24)23-17-9-13(2)5-7-18(17)25-3/h4-9,11,22H,21H2,1-3H3,(H,23,24)/b14-11-. The Balaban J connectivity index is 2.18. The van der Waals surface area contributed by atoms with Crippen molar-refractivity contribution in [1.29, 1.82) is 5.26 Å². The van der Waals surface area contributed by atoms with E-state index in [0.29, 0.717) is 22.8 Å². The van der Waals surface area contributed by atoms with E-state index in [2.05, 4.69) is 10.6 Å². The van der Waals surface area contributed by atoms with Gasteiger partial charge in [-0.05, 0) is 49.2 Å². The zero-order valence-electron chi connectivity index (χ0n) is 14.4. The lowest BCUT2D eigenvalue weighted by Crippen LogP contribution is -2.15. The summed E-state index contributed by atoms with van der Waals surface area (Å²) in [6.45, 7) is 3.83. The van der Waals surface area contributed by atoms with E-state index in [1.807, 2.05) is 32.0 Å². The number of amides is 1. The highest BCUT2D eigenvalue weighted by Gasteiger charge is 2.12. The molecular weight excluding hydrogens is 316 g/mol. The highest BCUT2D eigenvalue weighted by Crippen LogP contribution is 2.25. The van der Waals surface area contributed by atoms with Gasteiger partial charge in [-0.15, -0.1) is 0 Å². The number of nitrogen functional groups attached to an aromatic ring is 1. The Hall–Kier alpha value is -3.46. The first-order chi connectivity index (χ1) is 11.9. The molecule has 2 aromatic rings. The van der Waals surface area contributed by atoms with Crippen molar-refractivity contribution in [3.05, 3.63) is 59.3 Å². The minimum absolute atomic E-state index is 0.0801. The highest BCUT2D eigenvalue weighted by molar-refractivity contribution is 6.07. The highest BCUT2D eigenvalue weighted by atomic mass is 16.5. The fourth-order valence-corrected chi connectivity index (χ4v) is 2.22. The molecule has 0 aliphatic heterocycles. The monoisotopic (exact) mass is 336 g/mol. The summed E-state index contributed by atoms with van der Waals surface area (Å²) in [7, 11) is 1.52. The van der Waals surface area contributed by atoms with Crippen molar-refractivity contribution in [2.75, 3.05) is 23.5 Å². The molecule has 0 atom stereocenters. The molecule has 2 rings (SSSR count). The van der Waals surface area contributed by atoms with Gasteiger partial charge in [0, 0.05) is 6.20 Å². The second-order valence-electron chi connectivity index (χ2n) is 5.56. The van der Waals surface area contributed by atoms with E-state index in [0.717, 1.165) is 11.1 Å². The van der Waals surface area contributed by atoms with Gasteiger partial charge in [-0.25, -0.2) is 0 Å². The van der Waals surface area contributed by atoms with Crippen LogP contribution in [0.2, 0.25) is 0 Å². The van der Waals surface area contributed by atoms with Gasteiger partial charge < -0.3 is 21.1 Å². The van der Waals surface area contributed by atoms with Gasteiger partial charge in [0.15, 0.2) is 0 Å². The Bertz CT molecular complexity index is 866. The first kappa shape index (κ1) is 17.9. The minimum Gasteiger partial charge on any atom is -0.495 e. The number of nitrogens with two attached hydrogens (primary N) is 1. The van der Waals surface area contributed by atoms with Crippen LogP contribution in [-0.4, -0.2) is 13.0 Å². The van der Waals surface area contributed by atoms with Crippen LogP contribution in [-0.2, 0) is 4.79 Å². The molecule has 0 fully saturated rings. The van der Waals surface area contributed by atoms with Crippen LogP contribution in [0.1, 0.15) is 11.1 Å². The molecule has 2 aromatic carbocycles. The molecule has 0 aliphatic rings. The third kappa shape index (κ3) is 4.52. The van der Waals surface area contributed by atoms with Gasteiger partial charge >= 0.3 is 0 Å². The lowest BCUT2D eigenvalue weighted by atomic mass is 10.2. The molecule has 0 saturated heterocycles. The number of nitrogens with zero attached hydrogens (tertiary/aromatic N) is 1. The summed E-state index contributed by atoms with van der Waals surface area (Å²) >= 11 is 0. The average molecular weight is 336 g/mol. The quantitative estimate of drug-likeness (QED) is 0.442. The predicted molar refractivity (Wildman–Crippen MR) is 99.3 cm³/mol. The Morgan fingerprint density at radius 2 is 1.84 bits per heavy atom. The number of aryl methyl sites for hydroxylation is 2. The maximum atomic E-state index is 12.4. The van der Waals surface area contributed by atoms with Gasteiger partial charge in [0.1, 0.15) is 17.4 Å². The van der Waals surface area contributed by atoms with Crippen molar-refractivity contribution in [1.82, 2.24) is 0 Å². The smallest absolute Gasteiger partial charge is 0.267 e. The fraction of sp³-hybridized carbons (Fsp3) is 0.158. The molecule has 0 bridgehead atoms. The number of carbonyl (C=O) groups is 1. The molecule has 0 aromatic heterocycles. The molecule has 0 saturated carbocycles. The second-order valence-corrected chi connectivity index (χ2v) is 5.56. The van der Waals surface area contributed by atoms with Crippen molar-refractivity contribution in [2.45, 2.75) is 13.8 Å². The number of benzene rings is 2. The second kappa shape index (κ2) is 7.88. The van der Waals surface area contributed by atoms with Gasteiger partial charge in [0.25, 0.3) is 5.91 Å². The molecule has 0 aliphatic carbocycles. The number of hydrogen-bond donors (Lipinski definition) is 3. The van der Waals surface area contributed by atoms with Crippen LogP contribution < -0.4 is 21.1 Å². The summed E-state index contributed by atoms with van der Waals surface area (Å²) in [5.41, 5.74) is 9.48. The van der Waals surface area contributed by atoms with Crippen molar-refractivity contribution in [3.63, 3.8) is 0 Å². The third-order valence-corrected chi connectivity index (χ3v) is 3.55. The van der Waals surface area contributed by atoms with Crippen LogP contribution in [0.4, 0.5) is 17.1 Å². The zero-order valence-corrected chi connectivity index (χ0v) is 14.4. The van der Waals surface area contributed by atoms with Crippen LogP contribution >= 0.6 is 0 Å². The molecular formula is C19H20N4O2. The van der Waals surface area contributed by atoms with E-state index >= 15 is 0 Å². The SMILES string of the molecule is COc1ccc(C)cc1NC(=O)/C(C#N)=C\Nc1ccc(C)cc1N. The van der Waals surface area contributed by atoms with Crippen molar-refractivity contribution in [2.24, 2.45) is 0 Å². The van der Waals surface area contributed by atoms with Gasteiger partial charge in [-0.2, -0.15) is 5.26 Å². The maximum absolute atomic E-state index is 12.4. The van der Waals surface area contributed by atoms with E-state index in [1.54, 1.807) is 24.3 Å².